The number of rotatable bonds is 3. The van der Waals surface area contributed by atoms with Crippen LogP contribution in [-0.2, 0) is 6.54 Å². The van der Waals surface area contributed by atoms with E-state index in [1.165, 1.54) is 10.6 Å². The second-order valence-electron chi connectivity index (χ2n) is 3.37. The fourth-order valence-electron chi connectivity index (χ4n) is 1.45. The summed E-state index contributed by atoms with van der Waals surface area (Å²) < 4.78 is 1.50. The van der Waals surface area contributed by atoms with Gasteiger partial charge in [-0.3, -0.25) is 14.6 Å². The number of carbonyl (C=O) groups is 1. The van der Waals surface area contributed by atoms with Gasteiger partial charge in [0.25, 0.3) is 5.56 Å². The Kier molecular flexibility index (Phi) is 2.91. The predicted molar refractivity (Wildman–Crippen MR) is 59.4 cm³/mol. The summed E-state index contributed by atoms with van der Waals surface area (Å²) in [6.07, 6.45) is 5.58. The average molecular weight is 214 g/mol. The highest BCUT2D eigenvalue weighted by Crippen LogP contribution is 1.99. The van der Waals surface area contributed by atoms with Crippen molar-refractivity contribution in [2.45, 2.75) is 6.54 Å². The number of nitrogens with zero attached hydrogens (tertiary/aromatic N) is 2. The number of pyridine rings is 2. The zero-order valence-electron chi connectivity index (χ0n) is 8.54. The standard InChI is InChI=1S/C12H10N2O2/c15-9-11-2-1-7-14(12(11)16)8-10-3-5-13-6-4-10/h1-7,9H,8H2. The van der Waals surface area contributed by atoms with Gasteiger partial charge in [-0.15, -0.1) is 0 Å². The summed E-state index contributed by atoms with van der Waals surface area (Å²) >= 11 is 0. The molecular formula is C12H10N2O2. The first-order valence-electron chi connectivity index (χ1n) is 4.85. The van der Waals surface area contributed by atoms with Gasteiger partial charge in [0, 0.05) is 18.6 Å². The van der Waals surface area contributed by atoms with Crippen molar-refractivity contribution in [2.24, 2.45) is 0 Å². The van der Waals surface area contributed by atoms with E-state index in [0.717, 1.165) is 5.56 Å². The topological polar surface area (TPSA) is 52.0 Å². The first-order valence-corrected chi connectivity index (χ1v) is 4.85. The molecule has 0 aliphatic carbocycles. The van der Waals surface area contributed by atoms with Crippen LogP contribution in [0, 0.1) is 0 Å². The molecule has 0 unspecified atom stereocenters. The summed E-state index contributed by atoms with van der Waals surface area (Å²) in [7, 11) is 0. The molecule has 0 aliphatic heterocycles. The van der Waals surface area contributed by atoms with Crippen molar-refractivity contribution in [3.05, 3.63) is 64.3 Å². The quantitative estimate of drug-likeness (QED) is 0.719. The predicted octanol–water partition coefficient (Wildman–Crippen LogP) is 1.10. The molecule has 2 aromatic heterocycles. The van der Waals surface area contributed by atoms with E-state index in [2.05, 4.69) is 4.98 Å². The Hall–Kier alpha value is -2.23. The van der Waals surface area contributed by atoms with Crippen molar-refractivity contribution < 1.29 is 4.79 Å². The third kappa shape index (κ3) is 2.06. The van der Waals surface area contributed by atoms with Crippen LogP contribution >= 0.6 is 0 Å². The molecule has 2 heterocycles. The highest BCUT2D eigenvalue weighted by atomic mass is 16.1. The Bertz CT molecular complexity index is 546. The molecule has 2 rings (SSSR count). The van der Waals surface area contributed by atoms with Gasteiger partial charge in [-0.1, -0.05) is 0 Å². The van der Waals surface area contributed by atoms with E-state index in [0.29, 0.717) is 12.8 Å². The van der Waals surface area contributed by atoms with Crippen molar-refractivity contribution in [1.82, 2.24) is 9.55 Å². The van der Waals surface area contributed by atoms with Crippen LogP contribution in [0.15, 0.2) is 47.7 Å². The van der Waals surface area contributed by atoms with Crippen LogP contribution in [0.25, 0.3) is 0 Å². The highest BCUT2D eigenvalue weighted by molar-refractivity contribution is 5.73. The fourth-order valence-corrected chi connectivity index (χ4v) is 1.45. The molecule has 0 aliphatic rings. The Morgan fingerprint density at radius 3 is 2.69 bits per heavy atom. The molecule has 16 heavy (non-hydrogen) atoms. The molecule has 0 fully saturated rings. The lowest BCUT2D eigenvalue weighted by molar-refractivity contribution is 0.112. The Morgan fingerprint density at radius 1 is 1.25 bits per heavy atom. The van der Waals surface area contributed by atoms with Gasteiger partial charge in [0.1, 0.15) is 0 Å². The minimum Gasteiger partial charge on any atom is -0.310 e. The highest BCUT2D eigenvalue weighted by Gasteiger charge is 2.01. The molecule has 0 N–H and O–H groups in total. The number of aromatic nitrogens is 2. The summed E-state index contributed by atoms with van der Waals surface area (Å²) in [6.45, 7) is 0.447. The summed E-state index contributed by atoms with van der Waals surface area (Å²) in [6, 6.07) is 6.87. The first-order chi connectivity index (χ1) is 7.81. The maximum atomic E-state index is 11.7. The molecule has 0 saturated carbocycles. The summed E-state index contributed by atoms with van der Waals surface area (Å²) in [4.78, 5) is 26.2. The van der Waals surface area contributed by atoms with E-state index >= 15 is 0 Å². The lowest BCUT2D eigenvalue weighted by Gasteiger charge is -2.05. The van der Waals surface area contributed by atoms with Gasteiger partial charge >= 0.3 is 0 Å². The number of aldehydes is 1. The van der Waals surface area contributed by atoms with Gasteiger partial charge in [0.05, 0.1) is 12.1 Å². The zero-order chi connectivity index (χ0) is 11.4. The van der Waals surface area contributed by atoms with Crippen LogP contribution < -0.4 is 5.56 Å². The van der Waals surface area contributed by atoms with Crippen molar-refractivity contribution in [1.29, 1.82) is 0 Å². The summed E-state index contributed by atoms with van der Waals surface area (Å²) in [5, 5.41) is 0. The maximum Gasteiger partial charge on any atom is 0.261 e. The molecule has 0 amide bonds. The molecule has 4 heteroatoms. The monoisotopic (exact) mass is 214 g/mol. The van der Waals surface area contributed by atoms with E-state index in [1.807, 2.05) is 12.1 Å². The maximum absolute atomic E-state index is 11.7. The second-order valence-corrected chi connectivity index (χ2v) is 3.37. The van der Waals surface area contributed by atoms with E-state index in [4.69, 9.17) is 0 Å². The fraction of sp³-hybridized carbons (Fsp3) is 0.0833. The summed E-state index contributed by atoms with van der Waals surface area (Å²) in [5.41, 5.74) is 0.881. The van der Waals surface area contributed by atoms with Gasteiger partial charge in [-0.05, 0) is 29.8 Å². The van der Waals surface area contributed by atoms with Crippen molar-refractivity contribution in [2.75, 3.05) is 0 Å². The van der Waals surface area contributed by atoms with Gasteiger partial charge in [0.15, 0.2) is 6.29 Å². The molecule has 0 spiro atoms. The minimum absolute atomic E-state index is 0.177. The molecule has 4 nitrogen and oxygen atoms in total. The van der Waals surface area contributed by atoms with Gasteiger partial charge in [-0.2, -0.15) is 0 Å². The van der Waals surface area contributed by atoms with E-state index in [9.17, 15) is 9.59 Å². The van der Waals surface area contributed by atoms with Crippen molar-refractivity contribution in [3.8, 4) is 0 Å². The third-order valence-corrected chi connectivity index (χ3v) is 2.28. The van der Waals surface area contributed by atoms with Gasteiger partial charge in [-0.25, -0.2) is 0 Å². The molecule has 0 radical (unpaired) electrons. The lowest BCUT2D eigenvalue weighted by atomic mass is 10.2. The van der Waals surface area contributed by atoms with Crippen LogP contribution in [0.2, 0.25) is 0 Å². The van der Waals surface area contributed by atoms with E-state index in [-0.39, 0.29) is 11.1 Å². The van der Waals surface area contributed by atoms with Crippen LogP contribution in [0.1, 0.15) is 15.9 Å². The average Bonchev–Trinajstić information content (AvgIpc) is 2.33. The molecule has 2 aromatic rings. The number of hydrogen-bond acceptors (Lipinski definition) is 3. The Morgan fingerprint density at radius 2 is 2.00 bits per heavy atom. The Labute approximate surface area is 92.2 Å². The van der Waals surface area contributed by atoms with E-state index < -0.39 is 0 Å². The summed E-state index contributed by atoms with van der Waals surface area (Å²) in [5.74, 6) is 0. The van der Waals surface area contributed by atoms with Crippen LogP contribution in [0.4, 0.5) is 0 Å². The van der Waals surface area contributed by atoms with Crippen molar-refractivity contribution in [3.63, 3.8) is 0 Å². The SMILES string of the molecule is O=Cc1cccn(Cc2ccncc2)c1=O. The van der Waals surface area contributed by atoms with Crippen molar-refractivity contribution >= 4 is 6.29 Å². The minimum atomic E-state index is -0.269. The largest absolute Gasteiger partial charge is 0.310 e. The van der Waals surface area contributed by atoms with Gasteiger partial charge < -0.3 is 4.57 Å². The molecule has 0 aromatic carbocycles. The smallest absolute Gasteiger partial charge is 0.261 e. The van der Waals surface area contributed by atoms with Crippen LogP contribution in [0.5, 0.6) is 0 Å². The second kappa shape index (κ2) is 4.53. The molecule has 0 bridgehead atoms. The number of carbonyl (C=O) groups excluding carboxylic acids is 1. The molecular weight excluding hydrogens is 204 g/mol. The Balaban J connectivity index is 2.36. The van der Waals surface area contributed by atoms with Crippen LogP contribution in [0.3, 0.4) is 0 Å². The first kappa shape index (κ1) is 10.3. The third-order valence-electron chi connectivity index (χ3n) is 2.28. The molecule has 80 valence electrons. The normalized spacial score (nSPS) is 10.0. The molecule has 0 atom stereocenters. The number of hydrogen-bond donors (Lipinski definition) is 0. The molecule has 0 saturated heterocycles. The lowest BCUT2D eigenvalue weighted by Crippen LogP contribution is -2.23. The van der Waals surface area contributed by atoms with Gasteiger partial charge in [0.2, 0.25) is 0 Å². The van der Waals surface area contributed by atoms with Crippen LogP contribution in [-0.4, -0.2) is 15.8 Å². The zero-order valence-corrected chi connectivity index (χ0v) is 8.54. The van der Waals surface area contributed by atoms with E-state index in [1.54, 1.807) is 24.7 Å².